The summed E-state index contributed by atoms with van der Waals surface area (Å²) in [4.78, 5) is 42.5. The predicted molar refractivity (Wildman–Crippen MR) is 161 cm³/mol. The van der Waals surface area contributed by atoms with Gasteiger partial charge in [0.2, 0.25) is 5.91 Å². The van der Waals surface area contributed by atoms with Crippen LogP contribution in [0.15, 0.2) is 41.4 Å². The van der Waals surface area contributed by atoms with E-state index in [-0.39, 0.29) is 30.9 Å². The first-order chi connectivity index (χ1) is 21.1. The first-order valence-corrected chi connectivity index (χ1v) is 14.6. The molecule has 6 N–H and O–H groups in total. The molecule has 0 aromatic heterocycles. The number of benzene rings is 2. The van der Waals surface area contributed by atoms with Crippen LogP contribution in [0.3, 0.4) is 0 Å². The molecule has 2 amide bonds. The highest BCUT2D eigenvalue weighted by Gasteiger charge is 2.36. The maximum Gasteiger partial charge on any atom is 0.308 e. The number of anilines is 1. The summed E-state index contributed by atoms with van der Waals surface area (Å²) >= 11 is 6.46. The zero-order chi connectivity index (χ0) is 31.7. The molecule has 14 heteroatoms. The van der Waals surface area contributed by atoms with Crippen LogP contribution in [0, 0.1) is 11.3 Å². The van der Waals surface area contributed by atoms with E-state index in [4.69, 9.17) is 21.1 Å². The quantitative estimate of drug-likeness (QED) is 0.212. The fourth-order valence-corrected chi connectivity index (χ4v) is 5.23. The number of aromatic hydroxyl groups is 1. The van der Waals surface area contributed by atoms with Gasteiger partial charge in [0.1, 0.15) is 5.75 Å². The van der Waals surface area contributed by atoms with Gasteiger partial charge in [0, 0.05) is 42.1 Å². The first kappa shape index (κ1) is 32.5. The minimum atomic E-state index is -0.856. The Hall–Kier alpha value is -4.38. The van der Waals surface area contributed by atoms with Gasteiger partial charge in [-0.1, -0.05) is 17.7 Å². The lowest BCUT2D eigenvalue weighted by molar-refractivity contribution is -0.143. The minimum absolute atomic E-state index is 0.0811. The third-order valence-electron chi connectivity index (χ3n) is 7.26. The van der Waals surface area contributed by atoms with Gasteiger partial charge in [-0.15, -0.1) is 0 Å². The summed E-state index contributed by atoms with van der Waals surface area (Å²) in [6, 6.07) is 10.8. The lowest BCUT2D eigenvalue weighted by Gasteiger charge is -2.32. The van der Waals surface area contributed by atoms with E-state index in [0.29, 0.717) is 60.4 Å². The predicted octanol–water partition coefficient (Wildman–Crippen LogP) is 1.89. The number of esters is 1. The van der Waals surface area contributed by atoms with Crippen molar-refractivity contribution in [1.29, 1.82) is 5.26 Å². The van der Waals surface area contributed by atoms with Crippen molar-refractivity contribution in [3.63, 3.8) is 0 Å². The number of halogens is 1. The Balaban J connectivity index is 1.46. The Bertz CT molecular complexity index is 1450. The third-order valence-corrected chi connectivity index (χ3v) is 7.48. The minimum Gasteiger partial charge on any atom is -0.508 e. The summed E-state index contributed by atoms with van der Waals surface area (Å²) in [5.74, 6) is -1.58. The second-order valence-electron chi connectivity index (χ2n) is 10.5. The molecule has 2 aromatic carbocycles. The average molecular weight is 627 g/mol. The maximum absolute atomic E-state index is 13.0. The third kappa shape index (κ3) is 8.59. The summed E-state index contributed by atoms with van der Waals surface area (Å²) in [5, 5.41) is 41.3. The van der Waals surface area contributed by atoms with E-state index < -0.39 is 41.9 Å². The number of amides is 2. The van der Waals surface area contributed by atoms with Gasteiger partial charge in [-0.3, -0.25) is 19.4 Å². The summed E-state index contributed by atoms with van der Waals surface area (Å²) in [6.45, 7) is 2.74. The van der Waals surface area contributed by atoms with Gasteiger partial charge in [0.25, 0.3) is 5.91 Å². The van der Waals surface area contributed by atoms with Crippen LogP contribution < -0.4 is 21.3 Å². The second-order valence-corrected chi connectivity index (χ2v) is 10.9. The van der Waals surface area contributed by atoms with E-state index in [9.17, 15) is 29.9 Å². The number of ether oxygens (including phenoxy) is 2. The number of guanidine groups is 1. The van der Waals surface area contributed by atoms with Crippen LogP contribution in [0.2, 0.25) is 5.02 Å². The lowest BCUT2D eigenvalue weighted by atomic mass is 9.75. The number of nitrogens with one attached hydrogen (secondary N) is 4. The molecule has 4 rings (SSSR count). The van der Waals surface area contributed by atoms with Crippen LogP contribution in [0.5, 0.6) is 5.75 Å². The van der Waals surface area contributed by atoms with Crippen molar-refractivity contribution in [1.82, 2.24) is 16.0 Å². The van der Waals surface area contributed by atoms with Crippen molar-refractivity contribution in [3.05, 3.63) is 58.1 Å². The molecule has 234 valence electrons. The monoisotopic (exact) mass is 626 g/mol. The largest absolute Gasteiger partial charge is 0.508 e. The summed E-state index contributed by atoms with van der Waals surface area (Å²) in [5.41, 5.74) is 0.809. The topological polar surface area (TPSA) is 194 Å². The number of rotatable bonds is 10. The van der Waals surface area contributed by atoms with Crippen molar-refractivity contribution in [2.45, 2.75) is 43.7 Å². The Morgan fingerprint density at radius 3 is 2.68 bits per heavy atom. The molecule has 44 heavy (non-hydrogen) atoms. The number of hydrogen-bond donors (Lipinski definition) is 6. The molecular formula is C30H35ClN6O7. The SMILES string of the molecule is CCOC(=O)C[C@H](NC(=O)CNC(=O)c1cc(O)cc(NC2=NCC(O)CN2)c1)c1cc(Cl)cc(C2(C#N)CCOCC2)c1. The number of phenolic OH excluding ortho intramolecular Hbond substituents is 1. The summed E-state index contributed by atoms with van der Waals surface area (Å²) < 4.78 is 10.6. The van der Waals surface area contributed by atoms with Crippen LogP contribution in [0.1, 0.15) is 53.7 Å². The Kier molecular flexibility index (Phi) is 11.0. The van der Waals surface area contributed by atoms with E-state index >= 15 is 0 Å². The van der Waals surface area contributed by atoms with Gasteiger partial charge in [-0.25, -0.2) is 0 Å². The first-order valence-electron chi connectivity index (χ1n) is 14.2. The average Bonchev–Trinajstić information content (AvgIpc) is 3.00. The number of phenols is 1. The Labute approximate surface area is 259 Å². The zero-order valence-electron chi connectivity index (χ0n) is 24.2. The normalized spacial score (nSPS) is 18.0. The molecule has 13 nitrogen and oxygen atoms in total. The molecule has 0 saturated carbocycles. The number of nitrogens with zero attached hydrogens (tertiary/aromatic N) is 2. The van der Waals surface area contributed by atoms with Crippen molar-refractivity contribution < 1.29 is 34.1 Å². The maximum atomic E-state index is 13.0. The van der Waals surface area contributed by atoms with Crippen molar-refractivity contribution in [2.75, 3.05) is 44.8 Å². The van der Waals surface area contributed by atoms with Crippen molar-refractivity contribution >= 4 is 41.0 Å². The van der Waals surface area contributed by atoms with E-state index in [2.05, 4.69) is 32.3 Å². The van der Waals surface area contributed by atoms with Crippen LogP contribution in [-0.4, -0.2) is 79.5 Å². The summed E-state index contributed by atoms with van der Waals surface area (Å²) in [7, 11) is 0. The number of aliphatic imine (C=N–C) groups is 1. The molecule has 2 aromatic rings. The molecule has 0 bridgehead atoms. The van der Waals surface area contributed by atoms with Gasteiger partial charge in [-0.05, 0) is 55.2 Å². The standard InChI is InChI=1S/C30H35ClN6O7/c1-2-44-27(41)13-25(18-7-20(11-21(31)8-18)30(17-32)3-5-43-6-4-30)37-26(40)16-33-28(42)19-9-22(12-23(38)10-19)36-29-34-14-24(39)15-35-29/h7-12,24-25,38-39H,2-6,13-16H2,1H3,(H,33,42)(H,37,40)(H2,34,35,36)/t25-/m0/s1. The molecule has 2 aliphatic rings. The van der Waals surface area contributed by atoms with Gasteiger partial charge in [0.05, 0.1) is 49.7 Å². The highest BCUT2D eigenvalue weighted by Crippen LogP contribution is 2.37. The number of carbonyl (C=O) groups excluding carboxylic acids is 3. The molecule has 1 saturated heterocycles. The second kappa shape index (κ2) is 14.9. The molecule has 2 aliphatic heterocycles. The van der Waals surface area contributed by atoms with Crippen LogP contribution >= 0.6 is 11.6 Å². The molecule has 0 aliphatic carbocycles. The number of carbonyl (C=O) groups is 3. The number of nitriles is 1. The Morgan fingerprint density at radius 1 is 1.23 bits per heavy atom. The molecule has 1 unspecified atom stereocenters. The van der Waals surface area contributed by atoms with E-state index in [0.717, 1.165) is 0 Å². The van der Waals surface area contributed by atoms with Crippen molar-refractivity contribution in [3.8, 4) is 11.8 Å². The number of β-amino-alcohol motifs (C(OH)–C–C–N with tert-alkyl or cyclic N) is 1. The molecule has 0 radical (unpaired) electrons. The molecule has 0 spiro atoms. The highest BCUT2D eigenvalue weighted by atomic mass is 35.5. The summed E-state index contributed by atoms with van der Waals surface area (Å²) in [6.07, 6.45) is 0.150. The van der Waals surface area contributed by atoms with Crippen molar-refractivity contribution in [2.24, 2.45) is 4.99 Å². The molecule has 1 fully saturated rings. The van der Waals surface area contributed by atoms with Gasteiger partial charge in [-0.2, -0.15) is 5.26 Å². The van der Waals surface area contributed by atoms with Gasteiger partial charge >= 0.3 is 5.97 Å². The van der Waals surface area contributed by atoms with Crippen LogP contribution in [0.25, 0.3) is 0 Å². The zero-order valence-corrected chi connectivity index (χ0v) is 24.9. The molecule has 2 heterocycles. The fourth-order valence-electron chi connectivity index (χ4n) is 4.99. The Morgan fingerprint density at radius 2 is 2.00 bits per heavy atom. The van der Waals surface area contributed by atoms with E-state index in [1.165, 1.54) is 18.2 Å². The number of aliphatic hydroxyl groups is 1. The van der Waals surface area contributed by atoms with Crippen LogP contribution in [-0.2, 0) is 24.5 Å². The lowest BCUT2D eigenvalue weighted by Crippen LogP contribution is -2.42. The highest BCUT2D eigenvalue weighted by molar-refractivity contribution is 6.30. The molecular weight excluding hydrogens is 592 g/mol. The molecule has 2 atom stereocenters. The number of hydrogen-bond acceptors (Lipinski definition) is 11. The number of aliphatic hydroxyl groups excluding tert-OH is 1. The fraction of sp³-hybridized carbons (Fsp3) is 0.433. The van der Waals surface area contributed by atoms with E-state index in [1.807, 2.05) is 0 Å². The van der Waals surface area contributed by atoms with E-state index in [1.54, 1.807) is 25.1 Å². The smallest absolute Gasteiger partial charge is 0.308 e. The van der Waals surface area contributed by atoms with Crippen LogP contribution in [0.4, 0.5) is 5.69 Å². The van der Waals surface area contributed by atoms with Gasteiger partial charge < -0.3 is 41.0 Å². The van der Waals surface area contributed by atoms with Gasteiger partial charge in [0.15, 0.2) is 5.96 Å².